The Morgan fingerprint density at radius 2 is 2.29 bits per heavy atom. The highest BCUT2D eigenvalue weighted by atomic mass is 32.3. The molecule has 3 N–H and O–H groups in total. The molecule has 4 heterocycles. The van der Waals surface area contributed by atoms with Crippen molar-refractivity contribution < 1.29 is 31.7 Å². The van der Waals surface area contributed by atoms with Gasteiger partial charge in [0, 0.05) is 17.8 Å². The van der Waals surface area contributed by atoms with Crippen molar-refractivity contribution in [2.45, 2.75) is 31.0 Å². The third-order valence-electron chi connectivity index (χ3n) is 4.93. The number of hydroxylamine groups is 3. The molecule has 4 rings (SSSR count). The molecule has 2 saturated heterocycles. The van der Waals surface area contributed by atoms with Gasteiger partial charge in [-0.1, -0.05) is 6.07 Å². The number of nitrogens with zero attached hydrogens (tertiary/aromatic N) is 3. The van der Waals surface area contributed by atoms with Gasteiger partial charge in [0.25, 0.3) is 5.91 Å². The molecule has 0 saturated carbocycles. The van der Waals surface area contributed by atoms with E-state index in [0.29, 0.717) is 10.6 Å². The first-order valence-corrected chi connectivity index (χ1v) is 10.1. The van der Waals surface area contributed by atoms with E-state index in [9.17, 15) is 18.0 Å². The monoisotopic (exact) mass is 413 g/mol. The molecule has 0 aliphatic carbocycles. The van der Waals surface area contributed by atoms with Gasteiger partial charge in [-0.25, -0.2) is 10.3 Å². The smallest absolute Gasteiger partial charge is 0.312 e. The van der Waals surface area contributed by atoms with E-state index in [1.54, 1.807) is 12.1 Å². The number of aromatic nitrogens is 1. The van der Waals surface area contributed by atoms with Crippen LogP contribution in [0.4, 0.5) is 4.79 Å². The molecule has 3 unspecified atom stereocenters. The van der Waals surface area contributed by atoms with E-state index in [2.05, 4.69) is 20.1 Å². The molecule has 1 aromatic rings. The van der Waals surface area contributed by atoms with Crippen molar-refractivity contribution in [1.82, 2.24) is 25.7 Å². The van der Waals surface area contributed by atoms with Gasteiger partial charge in [-0.05, 0) is 25.5 Å². The zero-order valence-electron chi connectivity index (χ0n) is 14.6. The number of carbonyl (C=O) groups excluding carboxylic acids is 2. The van der Waals surface area contributed by atoms with Gasteiger partial charge < -0.3 is 10.2 Å². The normalized spacial score (nSPS) is 26.5. The predicted molar refractivity (Wildman–Crippen MR) is 91.4 cm³/mol. The van der Waals surface area contributed by atoms with E-state index in [0.717, 1.165) is 24.3 Å². The Labute approximate surface area is 160 Å². The minimum Gasteiger partial charge on any atom is -0.312 e. The average molecular weight is 413 g/mol. The Bertz CT molecular complexity index is 889. The standard InChI is InChI=1S/C15H19N5O7S/c21-14(18-26-8-9-3-1-5-16-9)13-12-10(4-2-6-17-12)11-7-19(13)15(22)20(11)27-28(23,24)25/h2,4,6,9,11,13,16H,1,3,5,7-8H2,(H,18,21)(H,23,24,25). The molecule has 3 aliphatic rings. The Balaban J connectivity index is 1.55. The molecule has 2 bridgehead atoms. The summed E-state index contributed by atoms with van der Waals surface area (Å²) in [5.74, 6) is -0.613. The van der Waals surface area contributed by atoms with Gasteiger partial charge in [-0.15, -0.1) is 4.28 Å². The van der Waals surface area contributed by atoms with Crippen LogP contribution < -0.4 is 10.8 Å². The summed E-state index contributed by atoms with van der Waals surface area (Å²) in [5.41, 5.74) is 3.08. The molecule has 2 fully saturated rings. The highest BCUT2D eigenvalue weighted by Gasteiger charge is 2.52. The van der Waals surface area contributed by atoms with Gasteiger partial charge >= 0.3 is 16.4 Å². The topological polar surface area (TPSA) is 150 Å². The maximum atomic E-state index is 12.7. The SMILES string of the molecule is O=C(NOCC1CCCN1)C1c2ncccc2C2CN1C(=O)N2OS(=O)(=O)O. The van der Waals surface area contributed by atoms with Crippen LogP contribution in [-0.4, -0.2) is 65.6 Å². The largest absolute Gasteiger partial charge is 0.418 e. The Kier molecular flexibility index (Phi) is 4.93. The van der Waals surface area contributed by atoms with E-state index in [1.165, 1.54) is 6.20 Å². The summed E-state index contributed by atoms with van der Waals surface area (Å²) < 4.78 is 35.6. The number of rotatable bonds is 6. The van der Waals surface area contributed by atoms with Crippen molar-refractivity contribution in [3.8, 4) is 0 Å². The second-order valence-electron chi connectivity index (χ2n) is 6.73. The number of hydrogen-bond acceptors (Lipinski definition) is 8. The van der Waals surface area contributed by atoms with E-state index in [1.807, 2.05) is 0 Å². The molecular weight excluding hydrogens is 394 g/mol. The number of hydrogen-bond donors (Lipinski definition) is 3. The summed E-state index contributed by atoms with van der Waals surface area (Å²) in [5, 5.41) is 3.76. The van der Waals surface area contributed by atoms with Crippen LogP contribution in [-0.2, 0) is 24.3 Å². The van der Waals surface area contributed by atoms with Crippen LogP contribution in [0.15, 0.2) is 18.3 Å². The van der Waals surface area contributed by atoms with Crippen molar-refractivity contribution in [2.24, 2.45) is 0 Å². The first-order valence-electron chi connectivity index (χ1n) is 8.72. The summed E-state index contributed by atoms with van der Waals surface area (Å²) in [6.45, 7) is 1.17. The van der Waals surface area contributed by atoms with Crippen LogP contribution in [0.3, 0.4) is 0 Å². The van der Waals surface area contributed by atoms with Gasteiger partial charge in [0.2, 0.25) is 0 Å². The molecule has 3 atom stereocenters. The minimum absolute atomic E-state index is 0.00465. The molecule has 13 heteroatoms. The molecule has 12 nitrogen and oxygen atoms in total. The summed E-state index contributed by atoms with van der Waals surface area (Å²) in [6, 6.07) is 0.538. The van der Waals surface area contributed by atoms with Gasteiger partial charge in [0.15, 0.2) is 6.04 Å². The lowest BCUT2D eigenvalue weighted by Crippen LogP contribution is -2.45. The van der Waals surface area contributed by atoms with Gasteiger partial charge in [-0.3, -0.25) is 19.2 Å². The van der Waals surface area contributed by atoms with Gasteiger partial charge in [-0.2, -0.15) is 13.5 Å². The van der Waals surface area contributed by atoms with Crippen molar-refractivity contribution >= 4 is 22.3 Å². The van der Waals surface area contributed by atoms with Crippen LogP contribution in [0.1, 0.15) is 36.2 Å². The second-order valence-corrected chi connectivity index (χ2v) is 7.73. The van der Waals surface area contributed by atoms with Crippen molar-refractivity contribution in [3.63, 3.8) is 0 Å². The van der Waals surface area contributed by atoms with Crippen LogP contribution >= 0.6 is 0 Å². The predicted octanol–water partition coefficient (Wildman–Crippen LogP) is -0.551. The van der Waals surface area contributed by atoms with Crippen LogP contribution in [0.25, 0.3) is 0 Å². The molecule has 1 aromatic heterocycles. The molecule has 0 spiro atoms. The number of fused-ring (bicyclic) bond motifs is 4. The molecule has 3 amide bonds. The van der Waals surface area contributed by atoms with Crippen LogP contribution in [0, 0.1) is 0 Å². The maximum absolute atomic E-state index is 12.7. The molecule has 0 radical (unpaired) electrons. The summed E-state index contributed by atoms with van der Waals surface area (Å²) in [7, 11) is -4.92. The lowest BCUT2D eigenvalue weighted by molar-refractivity contribution is -0.139. The van der Waals surface area contributed by atoms with Crippen molar-refractivity contribution in [2.75, 3.05) is 19.7 Å². The minimum atomic E-state index is -4.92. The Hall–Kier alpha value is -2.32. The second kappa shape index (κ2) is 7.25. The highest BCUT2D eigenvalue weighted by molar-refractivity contribution is 7.80. The fourth-order valence-corrected chi connectivity index (χ4v) is 4.12. The lowest BCUT2D eigenvalue weighted by atomic mass is 9.95. The number of urea groups is 1. The fraction of sp³-hybridized carbons (Fsp3) is 0.533. The number of pyridine rings is 1. The van der Waals surface area contributed by atoms with Gasteiger partial charge in [0.05, 0.1) is 18.8 Å². The molecule has 3 aliphatic heterocycles. The van der Waals surface area contributed by atoms with E-state index in [4.69, 9.17) is 9.39 Å². The van der Waals surface area contributed by atoms with Crippen LogP contribution in [0.2, 0.25) is 0 Å². The zero-order chi connectivity index (χ0) is 19.9. The van der Waals surface area contributed by atoms with E-state index >= 15 is 0 Å². The van der Waals surface area contributed by atoms with Gasteiger partial charge in [0.1, 0.15) is 6.04 Å². The number of amides is 3. The Morgan fingerprint density at radius 3 is 3.00 bits per heavy atom. The highest BCUT2D eigenvalue weighted by Crippen LogP contribution is 2.43. The van der Waals surface area contributed by atoms with Crippen LogP contribution in [0.5, 0.6) is 0 Å². The van der Waals surface area contributed by atoms with E-state index in [-0.39, 0.29) is 24.9 Å². The van der Waals surface area contributed by atoms with Crippen molar-refractivity contribution in [1.29, 1.82) is 0 Å². The van der Waals surface area contributed by atoms with Crippen molar-refractivity contribution in [3.05, 3.63) is 29.6 Å². The maximum Gasteiger partial charge on any atom is 0.418 e. The number of carbonyl (C=O) groups is 2. The Morgan fingerprint density at radius 1 is 1.46 bits per heavy atom. The summed E-state index contributed by atoms with van der Waals surface area (Å²) >= 11 is 0. The van der Waals surface area contributed by atoms with E-state index < -0.39 is 34.4 Å². The summed E-state index contributed by atoms with van der Waals surface area (Å²) in [6.07, 6.45) is 3.44. The fourth-order valence-electron chi connectivity index (χ4n) is 3.75. The summed E-state index contributed by atoms with van der Waals surface area (Å²) in [4.78, 5) is 36.0. The lowest BCUT2D eigenvalue weighted by Gasteiger charge is -2.30. The average Bonchev–Trinajstić information content (AvgIpc) is 3.24. The third kappa shape index (κ3) is 3.54. The third-order valence-corrected chi connectivity index (χ3v) is 5.28. The first-order chi connectivity index (χ1) is 13.3. The first kappa shape index (κ1) is 19.0. The molecular formula is C15H19N5O7S. The molecule has 28 heavy (non-hydrogen) atoms. The quantitative estimate of drug-likeness (QED) is 0.412. The molecule has 0 aromatic carbocycles. The number of nitrogens with one attached hydrogen (secondary N) is 2. The molecule has 152 valence electrons. The zero-order valence-corrected chi connectivity index (χ0v) is 15.5.